The molecule has 2 aromatic heterocycles. The molecule has 118 valence electrons. The van der Waals surface area contributed by atoms with Crippen molar-refractivity contribution in [1.29, 1.82) is 0 Å². The van der Waals surface area contributed by atoms with E-state index in [1.807, 2.05) is 36.5 Å². The monoisotopic (exact) mass is 317 g/mol. The zero-order valence-electron chi connectivity index (χ0n) is 12.7. The molecule has 0 atom stereocenters. The largest absolute Gasteiger partial charge is 0.619 e. The number of benzene rings is 2. The Labute approximate surface area is 138 Å². The quantitative estimate of drug-likeness (QED) is 0.396. The Bertz CT molecular complexity index is 1020. The molecule has 0 spiro atoms. The molecule has 0 saturated carbocycles. The lowest BCUT2D eigenvalue weighted by atomic mass is 10.0. The van der Waals surface area contributed by atoms with Gasteiger partial charge in [-0.3, -0.25) is 0 Å². The molecule has 2 aromatic carbocycles. The predicted molar refractivity (Wildman–Crippen MR) is 94.1 cm³/mol. The number of nitrogens with one attached hydrogen (secondary N) is 2. The van der Waals surface area contributed by atoms with E-state index in [2.05, 4.69) is 10.3 Å². The Morgan fingerprint density at radius 2 is 1.92 bits per heavy atom. The van der Waals surface area contributed by atoms with E-state index in [0.717, 1.165) is 26.8 Å². The maximum Gasteiger partial charge on any atom is 0.203 e. The number of anilines is 2. The zero-order chi connectivity index (χ0) is 16.5. The summed E-state index contributed by atoms with van der Waals surface area (Å²) >= 11 is 0. The van der Waals surface area contributed by atoms with Crippen molar-refractivity contribution in [3.05, 3.63) is 78.4 Å². The molecule has 5 nitrogen and oxygen atoms in total. The van der Waals surface area contributed by atoms with Crippen LogP contribution in [0.25, 0.3) is 22.0 Å². The van der Waals surface area contributed by atoms with E-state index in [-0.39, 0.29) is 5.75 Å². The van der Waals surface area contributed by atoms with Crippen LogP contribution in [-0.2, 0) is 0 Å². The highest BCUT2D eigenvalue weighted by atomic mass is 16.5. The fraction of sp³-hybridized carbons (Fsp3) is 0. The second-order valence-corrected chi connectivity index (χ2v) is 5.59. The smallest absolute Gasteiger partial charge is 0.203 e. The van der Waals surface area contributed by atoms with Gasteiger partial charge in [0, 0.05) is 34.9 Å². The van der Waals surface area contributed by atoms with Gasteiger partial charge in [0.05, 0.1) is 0 Å². The topological polar surface area (TPSA) is 75.0 Å². The Balaban J connectivity index is 1.78. The van der Waals surface area contributed by atoms with E-state index in [1.54, 1.807) is 24.3 Å². The van der Waals surface area contributed by atoms with Crippen molar-refractivity contribution >= 4 is 22.3 Å². The first-order chi connectivity index (χ1) is 11.7. The number of phenolic OH excluding ortho intramolecular Hbond substituents is 1. The molecule has 24 heavy (non-hydrogen) atoms. The molecule has 0 unspecified atom stereocenters. The summed E-state index contributed by atoms with van der Waals surface area (Å²) in [6.07, 6.45) is 4.76. The second kappa shape index (κ2) is 5.62. The average Bonchev–Trinajstić information content (AvgIpc) is 3.02. The molecule has 0 aliphatic rings. The van der Waals surface area contributed by atoms with Crippen molar-refractivity contribution in [2.75, 3.05) is 5.32 Å². The number of pyridine rings is 1. The molecule has 4 rings (SSSR count). The van der Waals surface area contributed by atoms with Gasteiger partial charge in [0.2, 0.25) is 6.20 Å². The van der Waals surface area contributed by atoms with Crippen molar-refractivity contribution in [3.63, 3.8) is 0 Å². The minimum atomic E-state index is 0.161. The molecule has 0 radical (unpaired) electrons. The summed E-state index contributed by atoms with van der Waals surface area (Å²) in [6, 6.07) is 16.8. The standard InChI is InChI=1S/C19H15N3O2/c23-16-10-13(17-4-1-5-19-18(17)6-7-20-19)9-15(11-16)21-14-3-2-8-22(24)12-14/h1-12,20-21,23H. The molecule has 0 aliphatic carbocycles. The van der Waals surface area contributed by atoms with Crippen LogP contribution in [0.4, 0.5) is 11.4 Å². The average molecular weight is 317 g/mol. The molecule has 5 heteroatoms. The summed E-state index contributed by atoms with van der Waals surface area (Å²) in [4.78, 5) is 3.19. The molecule has 0 saturated heterocycles. The summed E-state index contributed by atoms with van der Waals surface area (Å²) in [6.45, 7) is 0. The Hall–Kier alpha value is -3.47. The molecule has 0 aliphatic heterocycles. The fourth-order valence-electron chi connectivity index (χ4n) is 2.87. The lowest BCUT2D eigenvalue weighted by Crippen LogP contribution is -2.24. The van der Waals surface area contributed by atoms with Crippen molar-refractivity contribution in [1.82, 2.24) is 4.98 Å². The summed E-state index contributed by atoms with van der Waals surface area (Å²) in [5.74, 6) is 0.161. The lowest BCUT2D eigenvalue weighted by Gasteiger charge is -2.10. The van der Waals surface area contributed by atoms with Crippen LogP contribution in [0.5, 0.6) is 5.75 Å². The van der Waals surface area contributed by atoms with Crippen molar-refractivity contribution in [3.8, 4) is 16.9 Å². The molecular weight excluding hydrogens is 302 g/mol. The van der Waals surface area contributed by atoms with E-state index in [4.69, 9.17) is 0 Å². The maximum atomic E-state index is 11.4. The first-order valence-corrected chi connectivity index (χ1v) is 7.55. The number of H-pyrrole nitrogens is 1. The number of hydrogen-bond donors (Lipinski definition) is 3. The highest BCUT2D eigenvalue weighted by Gasteiger charge is 2.08. The fourth-order valence-corrected chi connectivity index (χ4v) is 2.87. The normalized spacial score (nSPS) is 10.8. The van der Waals surface area contributed by atoms with E-state index in [9.17, 15) is 10.3 Å². The van der Waals surface area contributed by atoms with Gasteiger partial charge in [0.1, 0.15) is 11.4 Å². The van der Waals surface area contributed by atoms with Crippen LogP contribution in [-0.4, -0.2) is 10.1 Å². The summed E-state index contributed by atoms with van der Waals surface area (Å²) in [7, 11) is 0. The molecule has 0 amide bonds. The van der Waals surface area contributed by atoms with Gasteiger partial charge in [-0.25, -0.2) is 0 Å². The zero-order valence-corrected chi connectivity index (χ0v) is 12.7. The van der Waals surface area contributed by atoms with Crippen LogP contribution in [0, 0.1) is 5.21 Å². The summed E-state index contributed by atoms with van der Waals surface area (Å²) < 4.78 is 0.729. The van der Waals surface area contributed by atoms with Gasteiger partial charge in [-0.05, 0) is 41.5 Å². The number of aromatic hydroxyl groups is 1. The first kappa shape index (κ1) is 14.1. The van der Waals surface area contributed by atoms with E-state index >= 15 is 0 Å². The molecule has 2 heterocycles. The van der Waals surface area contributed by atoms with Crippen molar-refractivity contribution in [2.24, 2.45) is 0 Å². The third-order valence-corrected chi connectivity index (χ3v) is 3.89. The highest BCUT2D eigenvalue weighted by Crippen LogP contribution is 2.33. The molecule has 0 bridgehead atoms. The van der Waals surface area contributed by atoms with Gasteiger partial charge in [0.25, 0.3) is 0 Å². The molecule has 0 fully saturated rings. The maximum absolute atomic E-state index is 11.4. The van der Waals surface area contributed by atoms with Crippen LogP contribution < -0.4 is 10.0 Å². The molecule has 4 aromatic rings. The highest BCUT2D eigenvalue weighted by molar-refractivity contribution is 5.95. The number of phenols is 1. The Morgan fingerprint density at radius 3 is 2.79 bits per heavy atom. The van der Waals surface area contributed by atoms with Crippen molar-refractivity contribution in [2.45, 2.75) is 0 Å². The number of fused-ring (bicyclic) bond motifs is 1. The Morgan fingerprint density at radius 1 is 1.00 bits per heavy atom. The second-order valence-electron chi connectivity index (χ2n) is 5.59. The predicted octanol–water partition coefficient (Wildman–Crippen LogP) is 3.92. The van der Waals surface area contributed by atoms with E-state index < -0.39 is 0 Å². The molecular formula is C19H15N3O2. The van der Waals surface area contributed by atoms with Crippen LogP contribution in [0.2, 0.25) is 0 Å². The minimum absolute atomic E-state index is 0.161. The van der Waals surface area contributed by atoms with Gasteiger partial charge >= 0.3 is 0 Å². The third kappa shape index (κ3) is 2.63. The van der Waals surface area contributed by atoms with Gasteiger partial charge < -0.3 is 20.6 Å². The summed E-state index contributed by atoms with van der Waals surface area (Å²) in [5.41, 5.74) is 4.33. The third-order valence-electron chi connectivity index (χ3n) is 3.89. The Kier molecular flexibility index (Phi) is 3.31. The first-order valence-electron chi connectivity index (χ1n) is 7.55. The lowest BCUT2D eigenvalue weighted by molar-refractivity contribution is -0.604. The van der Waals surface area contributed by atoms with Gasteiger partial charge in [-0.2, -0.15) is 4.73 Å². The number of aromatic nitrogens is 2. The number of hydrogen-bond acceptors (Lipinski definition) is 3. The SMILES string of the molecule is [O-][n+]1cccc(Nc2cc(O)cc(-c3cccc4[nH]ccc34)c2)c1. The van der Waals surface area contributed by atoms with E-state index in [0.29, 0.717) is 11.4 Å². The molecule has 3 N–H and O–H groups in total. The van der Waals surface area contributed by atoms with Crippen molar-refractivity contribution < 1.29 is 9.84 Å². The van der Waals surface area contributed by atoms with Gasteiger partial charge in [-0.15, -0.1) is 0 Å². The summed E-state index contributed by atoms with van der Waals surface area (Å²) in [5, 5.41) is 25.7. The number of rotatable bonds is 3. The van der Waals surface area contributed by atoms with Gasteiger partial charge in [-0.1, -0.05) is 12.1 Å². The number of nitrogens with zero attached hydrogens (tertiary/aromatic N) is 1. The van der Waals surface area contributed by atoms with E-state index in [1.165, 1.54) is 12.4 Å². The van der Waals surface area contributed by atoms with Crippen LogP contribution in [0.15, 0.2) is 73.2 Å². The number of aromatic amines is 1. The van der Waals surface area contributed by atoms with Crippen LogP contribution in [0.3, 0.4) is 0 Å². The van der Waals surface area contributed by atoms with Gasteiger partial charge in [0.15, 0.2) is 6.20 Å². The minimum Gasteiger partial charge on any atom is -0.619 e. The van der Waals surface area contributed by atoms with Crippen LogP contribution >= 0.6 is 0 Å². The van der Waals surface area contributed by atoms with Crippen LogP contribution in [0.1, 0.15) is 0 Å².